The lowest BCUT2D eigenvalue weighted by Gasteiger charge is -2.36. The Morgan fingerprint density at radius 1 is 0.767 bits per heavy atom. The molecule has 2 aromatic carbocycles. The molecule has 0 spiro atoms. The number of aryl methyl sites for hydroxylation is 1. The third-order valence-electron chi connectivity index (χ3n) is 5.32. The van der Waals surface area contributed by atoms with Gasteiger partial charge in [-0.1, -0.05) is 35.9 Å². The van der Waals surface area contributed by atoms with Gasteiger partial charge in [0.25, 0.3) is 0 Å². The quantitative estimate of drug-likeness (QED) is 0.562. The van der Waals surface area contributed by atoms with Crippen molar-refractivity contribution in [2.24, 2.45) is 0 Å². The highest BCUT2D eigenvalue weighted by molar-refractivity contribution is 5.85. The molecule has 0 atom stereocenters. The Bertz CT molecular complexity index is 1140. The van der Waals surface area contributed by atoms with Gasteiger partial charge in [-0.25, -0.2) is 9.97 Å². The average molecular weight is 397 g/mol. The summed E-state index contributed by atoms with van der Waals surface area (Å²) in [5.41, 5.74) is 4.70. The first kappa shape index (κ1) is 18.3. The van der Waals surface area contributed by atoms with E-state index in [1.165, 1.54) is 11.3 Å². The Morgan fingerprint density at radius 3 is 2.23 bits per heavy atom. The van der Waals surface area contributed by atoms with E-state index in [-0.39, 0.29) is 0 Å². The van der Waals surface area contributed by atoms with Crippen LogP contribution in [-0.2, 0) is 0 Å². The molecule has 1 saturated heterocycles. The Balaban J connectivity index is 1.41. The third kappa shape index (κ3) is 3.74. The van der Waals surface area contributed by atoms with Crippen LogP contribution in [0.2, 0.25) is 0 Å². The third-order valence-corrected chi connectivity index (χ3v) is 5.32. The van der Waals surface area contributed by atoms with Crippen molar-refractivity contribution >= 4 is 34.3 Å². The van der Waals surface area contributed by atoms with Gasteiger partial charge in [-0.05, 0) is 31.2 Å². The number of hydrogen-bond donors (Lipinski definition) is 1. The second kappa shape index (κ2) is 7.94. The maximum absolute atomic E-state index is 4.82. The zero-order valence-electron chi connectivity index (χ0n) is 16.9. The maximum Gasteiger partial charge on any atom is 0.229 e. The molecule has 150 valence electrons. The summed E-state index contributed by atoms with van der Waals surface area (Å²) in [4.78, 5) is 23.0. The predicted octanol–water partition coefficient (Wildman–Crippen LogP) is 3.80. The van der Waals surface area contributed by atoms with Crippen molar-refractivity contribution in [2.75, 3.05) is 41.3 Å². The lowest BCUT2D eigenvalue weighted by molar-refractivity contribution is 0.641. The number of rotatable bonds is 4. The van der Waals surface area contributed by atoms with Crippen LogP contribution < -0.4 is 15.1 Å². The number of piperazine rings is 1. The number of anilines is 4. The van der Waals surface area contributed by atoms with E-state index in [4.69, 9.17) is 9.97 Å². The van der Waals surface area contributed by atoms with E-state index >= 15 is 0 Å². The van der Waals surface area contributed by atoms with E-state index < -0.39 is 0 Å². The predicted molar refractivity (Wildman–Crippen MR) is 120 cm³/mol. The van der Waals surface area contributed by atoms with Crippen molar-refractivity contribution in [3.63, 3.8) is 0 Å². The van der Waals surface area contributed by atoms with Gasteiger partial charge in [0.05, 0.1) is 0 Å². The number of nitrogens with one attached hydrogen (secondary N) is 1. The van der Waals surface area contributed by atoms with E-state index in [9.17, 15) is 0 Å². The molecule has 2 aromatic heterocycles. The fourth-order valence-corrected chi connectivity index (χ4v) is 3.66. The van der Waals surface area contributed by atoms with Crippen LogP contribution in [0.1, 0.15) is 5.56 Å². The van der Waals surface area contributed by atoms with Crippen molar-refractivity contribution in [1.82, 2.24) is 19.9 Å². The summed E-state index contributed by atoms with van der Waals surface area (Å²) in [6.07, 6.45) is 3.34. The van der Waals surface area contributed by atoms with E-state index in [1.54, 1.807) is 12.4 Å². The number of hydrogen-bond acceptors (Lipinski definition) is 7. The first-order chi connectivity index (χ1) is 14.8. The molecule has 3 heterocycles. The molecule has 0 radical (unpaired) electrons. The van der Waals surface area contributed by atoms with Gasteiger partial charge < -0.3 is 15.1 Å². The van der Waals surface area contributed by atoms with Crippen LogP contribution in [0.4, 0.5) is 23.1 Å². The van der Waals surface area contributed by atoms with Crippen LogP contribution >= 0.6 is 0 Å². The van der Waals surface area contributed by atoms with Gasteiger partial charge in [0.1, 0.15) is 0 Å². The van der Waals surface area contributed by atoms with Gasteiger partial charge in [0, 0.05) is 49.9 Å². The smallest absolute Gasteiger partial charge is 0.229 e. The normalized spacial score (nSPS) is 14.2. The van der Waals surface area contributed by atoms with Gasteiger partial charge in [0.15, 0.2) is 17.0 Å². The Labute approximate surface area is 175 Å². The van der Waals surface area contributed by atoms with Crippen LogP contribution in [0.3, 0.4) is 0 Å². The molecule has 7 heteroatoms. The minimum Gasteiger partial charge on any atom is -0.368 e. The van der Waals surface area contributed by atoms with Crippen molar-refractivity contribution in [2.45, 2.75) is 6.92 Å². The number of para-hydroxylation sites is 1. The first-order valence-corrected chi connectivity index (χ1v) is 10.1. The molecular weight excluding hydrogens is 374 g/mol. The molecule has 7 nitrogen and oxygen atoms in total. The molecule has 0 aliphatic carbocycles. The largest absolute Gasteiger partial charge is 0.368 e. The van der Waals surface area contributed by atoms with Gasteiger partial charge in [-0.2, -0.15) is 9.97 Å². The second-order valence-electron chi connectivity index (χ2n) is 7.40. The van der Waals surface area contributed by atoms with Gasteiger partial charge in [-0.15, -0.1) is 0 Å². The molecule has 0 saturated carbocycles. The highest BCUT2D eigenvalue weighted by Crippen LogP contribution is 2.25. The summed E-state index contributed by atoms with van der Waals surface area (Å²) >= 11 is 0. The number of fused-ring (bicyclic) bond motifs is 1. The lowest BCUT2D eigenvalue weighted by Crippen LogP contribution is -2.47. The molecule has 0 bridgehead atoms. The SMILES string of the molecule is Cc1ccc(Nc2nc(N3CCN(c4ccccc4)CC3)nc3nccnc23)cc1. The minimum absolute atomic E-state index is 0.600. The Hall–Kier alpha value is -3.74. The van der Waals surface area contributed by atoms with Crippen LogP contribution in [0.25, 0.3) is 11.2 Å². The number of nitrogens with zero attached hydrogens (tertiary/aromatic N) is 6. The van der Waals surface area contributed by atoms with Gasteiger partial charge >= 0.3 is 0 Å². The fourth-order valence-electron chi connectivity index (χ4n) is 3.66. The van der Waals surface area contributed by atoms with Crippen LogP contribution in [0.15, 0.2) is 67.0 Å². The molecule has 0 amide bonds. The average Bonchev–Trinajstić information content (AvgIpc) is 2.81. The van der Waals surface area contributed by atoms with Gasteiger partial charge in [-0.3, -0.25) is 0 Å². The topological polar surface area (TPSA) is 70.1 Å². The number of aromatic nitrogens is 4. The molecular formula is C23H23N7. The van der Waals surface area contributed by atoms with Crippen molar-refractivity contribution < 1.29 is 0 Å². The van der Waals surface area contributed by atoms with E-state index in [2.05, 4.69) is 68.4 Å². The Kier molecular flexibility index (Phi) is 4.85. The Morgan fingerprint density at radius 2 is 1.47 bits per heavy atom. The van der Waals surface area contributed by atoms with E-state index in [0.29, 0.717) is 22.9 Å². The standard InChI is InChI=1S/C23H23N7/c1-17-7-9-18(10-8-17)26-22-20-21(25-12-11-24-20)27-23(28-22)30-15-13-29(14-16-30)19-5-3-2-4-6-19/h2-12H,13-16H2,1H3,(H,25,26,27,28). The lowest BCUT2D eigenvalue weighted by atomic mass is 10.2. The molecule has 1 aliphatic rings. The summed E-state index contributed by atoms with van der Waals surface area (Å²) in [7, 11) is 0. The minimum atomic E-state index is 0.600. The van der Waals surface area contributed by atoms with E-state index in [0.717, 1.165) is 31.9 Å². The molecule has 0 unspecified atom stereocenters. The molecule has 1 fully saturated rings. The summed E-state index contributed by atoms with van der Waals surface area (Å²) in [5, 5.41) is 3.40. The first-order valence-electron chi connectivity index (χ1n) is 10.1. The van der Waals surface area contributed by atoms with Crippen LogP contribution in [0.5, 0.6) is 0 Å². The molecule has 30 heavy (non-hydrogen) atoms. The van der Waals surface area contributed by atoms with Crippen LogP contribution in [-0.4, -0.2) is 46.1 Å². The molecule has 1 N–H and O–H groups in total. The van der Waals surface area contributed by atoms with Gasteiger partial charge in [0.2, 0.25) is 5.95 Å². The highest BCUT2D eigenvalue weighted by Gasteiger charge is 2.21. The van der Waals surface area contributed by atoms with Crippen molar-refractivity contribution in [3.8, 4) is 0 Å². The van der Waals surface area contributed by atoms with Crippen LogP contribution in [0, 0.1) is 6.92 Å². The zero-order chi connectivity index (χ0) is 20.3. The summed E-state index contributed by atoms with van der Waals surface area (Å²) in [6.45, 7) is 5.62. The summed E-state index contributed by atoms with van der Waals surface area (Å²) in [5.74, 6) is 1.36. The second-order valence-corrected chi connectivity index (χ2v) is 7.40. The molecule has 4 aromatic rings. The monoisotopic (exact) mass is 397 g/mol. The fraction of sp³-hybridized carbons (Fsp3) is 0.217. The molecule has 5 rings (SSSR count). The van der Waals surface area contributed by atoms with Crippen molar-refractivity contribution in [3.05, 3.63) is 72.6 Å². The maximum atomic E-state index is 4.82. The highest BCUT2D eigenvalue weighted by atomic mass is 15.3. The number of benzene rings is 2. The summed E-state index contributed by atoms with van der Waals surface area (Å²) < 4.78 is 0. The zero-order valence-corrected chi connectivity index (χ0v) is 16.9. The van der Waals surface area contributed by atoms with E-state index in [1.807, 2.05) is 18.2 Å². The van der Waals surface area contributed by atoms with Crippen molar-refractivity contribution in [1.29, 1.82) is 0 Å². The summed E-state index contributed by atoms with van der Waals surface area (Å²) in [6, 6.07) is 18.7. The molecule has 1 aliphatic heterocycles.